The first-order valence-electron chi connectivity index (χ1n) is 7.30. The monoisotopic (exact) mass is 329 g/mol. The van der Waals surface area contributed by atoms with Crippen LogP contribution in [0.4, 0.5) is 11.6 Å². The van der Waals surface area contributed by atoms with Gasteiger partial charge < -0.3 is 10.1 Å². The summed E-state index contributed by atoms with van der Waals surface area (Å²) < 4.78 is 5.51. The van der Waals surface area contributed by atoms with Crippen molar-refractivity contribution < 1.29 is 4.74 Å². The number of nitrogens with one attached hydrogen (secondary N) is 2. The molecule has 2 heterocycles. The summed E-state index contributed by atoms with van der Waals surface area (Å²) in [6, 6.07) is 4.10. The number of rotatable bonds is 4. The van der Waals surface area contributed by atoms with Gasteiger partial charge in [0.25, 0.3) is 0 Å². The molecule has 2 aromatic heterocycles. The average molecular weight is 329 g/mol. The highest BCUT2D eigenvalue weighted by Crippen LogP contribution is 2.34. The molecule has 1 aromatic carbocycles. The van der Waals surface area contributed by atoms with Crippen molar-refractivity contribution >= 4 is 35.8 Å². The topological polar surface area (TPSA) is 75.7 Å². The number of methoxy groups -OCH3 is 1. The second-order valence-corrected chi connectivity index (χ2v) is 7.88. The van der Waals surface area contributed by atoms with E-state index in [0.717, 1.165) is 39.5 Å². The van der Waals surface area contributed by atoms with Gasteiger partial charge in [0.1, 0.15) is 17.9 Å². The predicted molar refractivity (Wildman–Crippen MR) is 95.8 cm³/mol. The smallest absolute Gasteiger partial charge is 0.156 e. The fourth-order valence-corrected chi connectivity index (χ4v) is 3.39. The molecule has 3 rings (SSSR count). The third-order valence-corrected chi connectivity index (χ3v) is 5.22. The van der Waals surface area contributed by atoms with Gasteiger partial charge in [-0.2, -0.15) is 5.10 Å². The molecule has 120 valence electrons. The Bertz CT molecular complexity index is 859. The molecular weight excluding hydrogens is 309 g/mol. The molecule has 0 aliphatic heterocycles. The van der Waals surface area contributed by atoms with Gasteiger partial charge in [0.15, 0.2) is 5.82 Å². The van der Waals surface area contributed by atoms with Crippen molar-refractivity contribution in [2.45, 2.75) is 13.8 Å². The van der Waals surface area contributed by atoms with Crippen LogP contribution in [-0.2, 0) is 0 Å². The van der Waals surface area contributed by atoms with Gasteiger partial charge in [-0.15, -0.1) is 0 Å². The number of aromatic amines is 1. The highest BCUT2D eigenvalue weighted by Gasteiger charge is 2.14. The molecule has 0 bridgehead atoms. The van der Waals surface area contributed by atoms with Gasteiger partial charge in [-0.1, -0.05) is 7.92 Å². The Balaban J connectivity index is 2.13. The molecule has 0 unspecified atom stereocenters. The minimum absolute atomic E-state index is 0.299. The molecule has 3 aromatic rings. The Morgan fingerprint density at radius 2 is 1.91 bits per heavy atom. The first-order chi connectivity index (χ1) is 11.0. The second kappa shape index (κ2) is 6.13. The fraction of sp³-hybridized carbons (Fsp3) is 0.312. The molecule has 2 N–H and O–H groups in total. The maximum absolute atomic E-state index is 5.51. The van der Waals surface area contributed by atoms with Gasteiger partial charge in [-0.05, 0) is 33.2 Å². The molecule has 0 fully saturated rings. The Kier molecular flexibility index (Phi) is 4.18. The number of hydrogen-bond acceptors (Lipinski definition) is 5. The van der Waals surface area contributed by atoms with Crippen LogP contribution >= 0.6 is 7.92 Å². The molecule has 0 spiro atoms. The number of aromatic nitrogens is 4. The van der Waals surface area contributed by atoms with Crippen molar-refractivity contribution in [2.24, 2.45) is 0 Å². The Labute approximate surface area is 136 Å². The van der Waals surface area contributed by atoms with Crippen molar-refractivity contribution in [1.82, 2.24) is 20.2 Å². The molecule has 0 saturated carbocycles. The number of hydrogen-bond donors (Lipinski definition) is 2. The minimum atomic E-state index is -0.299. The van der Waals surface area contributed by atoms with Crippen LogP contribution in [0.1, 0.15) is 11.3 Å². The van der Waals surface area contributed by atoms with Crippen LogP contribution in [0.15, 0.2) is 18.5 Å². The lowest BCUT2D eigenvalue weighted by molar-refractivity contribution is 0.419. The summed E-state index contributed by atoms with van der Waals surface area (Å²) in [6.07, 6.45) is 1.55. The SMILES string of the molecule is COc1cc2ncnc(Nc3n[nH]c(C)c3C)c2cc1P(C)C. The number of anilines is 2. The summed E-state index contributed by atoms with van der Waals surface area (Å²) in [5.41, 5.74) is 2.97. The van der Waals surface area contributed by atoms with Gasteiger partial charge in [-0.3, -0.25) is 5.10 Å². The molecule has 0 aliphatic carbocycles. The number of ether oxygens (including phenoxy) is 1. The van der Waals surface area contributed by atoms with E-state index < -0.39 is 0 Å². The lowest BCUT2D eigenvalue weighted by Gasteiger charge is -2.14. The summed E-state index contributed by atoms with van der Waals surface area (Å²) in [7, 11) is 1.39. The predicted octanol–water partition coefficient (Wildman–Crippen LogP) is 3.09. The Morgan fingerprint density at radius 3 is 2.52 bits per heavy atom. The first-order valence-corrected chi connectivity index (χ1v) is 9.53. The highest BCUT2D eigenvalue weighted by atomic mass is 31.1. The van der Waals surface area contributed by atoms with E-state index in [9.17, 15) is 0 Å². The average Bonchev–Trinajstić information content (AvgIpc) is 2.85. The summed E-state index contributed by atoms with van der Waals surface area (Å²) in [6.45, 7) is 8.43. The van der Waals surface area contributed by atoms with Crippen molar-refractivity contribution in [3.05, 3.63) is 29.7 Å². The molecule has 23 heavy (non-hydrogen) atoms. The van der Waals surface area contributed by atoms with E-state index in [0.29, 0.717) is 0 Å². The summed E-state index contributed by atoms with van der Waals surface area (Å²) >= 11 is 0. The van der Waals surface area contributed by atoms with Crippen LogP contribution in [0.5, 0.6) is 5.75 Å². The lowest BCUT2D eigenvalue weighted by Crippen LogP contribution is -2.07. The van der Waals surface area contributed by atoms with Crippen LogP contribution in [-0.4, -0.2) is 40.6 Å². The molecular formula is C16H20N5OP. The number of H-pyrrole nitrogens is 1. The van der Waals surface area contributed by atoms with Crippen molar-refractivity contribution in [2.75, 3.05) is 25.8 Å². The first kappa shape index (κ1) is 15.7. The van der Waals surface area contributed by atoms with Crippen molar-refractivity contribution in [3.63, 3.8) is 0 Å². The molecule has 6 nitrogen and oxygen atoms in total. The van der Waals surface area contributed by atoms with Crippen LogP contribution in [0.25, 0.3) is 10.9 Å². The molecule has 0 amide bonds. The third kappa shape index (κ3) is 2.86. The van der Waals surface area contributed by atoms with Gasteiger partial charge in [0.2, 0.25) is 0 Å². The van der Waals surface area contributed by atoms with Gasteiger partial charge in [0.05, 0.1) is 12.6 Å². The molecule has 0 saturated heterocycles. The quantitative estimate of drug-likeness (QED) is 0.720. The molecule has 7 heteroatoms. The maximum Gasteiger partial charge on any atom is 0.156 e. The molecule has 0 atom stereocenters. The van der Waals surface area contributed by atoms with E-state index in [1.165, 1.54) is 5.30 Å². The summed E-state index contributed by atoms with van der Waals surface area (Å²) in [5.74, 6) is 2.42. The van der Waals surface area contributed by atoms with Gasteiger partial charge in [0, 0.05) is 28.0 Å². The second-order valence-electron chi connectivity index (χ2n) is 5.61. The highest BCUT2D eigenvalue weighted by molar-refractivity contribution is 7.64. The number of fused-ring (bicyclic) bond motifs is 1. The van der Waals surface area contributed by atoms with Gasteiger partial charge in [-0.25, -0.2) is 9.97 Å². The van der Waals surface area contributed by atoms with Crippen LogP contribution in [0.2, 0.25) is 0 Å². The Hall–Kier alpha value is -2.20. The zero-order valence-corrected chi connectivity index (χ0v) is 14.8. The zero-order valence-electron chi connectivity index (χ0n) is 13.9. The fourth-order valence-electron chi connectivity index (χ4n) is 2.40. The van der Waals surface area contributed by atoms with E-state index in [1.807, 2.05) is 19.9 Å². The van der Waals surface area contributed by atoms with Crippen LogP contribution in [0.3, 0.4) is 0 Å². The number of benzene rings is 1. The van der Waals surface area contributed by atoms with Crippen LogP contribution < -0.4 is 15.4 Å². The molecule has 0 radical (unpaired) electrons. The Morgan fingerprint density at radius 1 is 1.13 bits per heavy atom. The number of nitrogens with zero attached hydrogens (tertiary/aromatic N) is 3. The third-order valence-electron chi connectivity index (χ3n) is 3.91. The summed E-state index contributed by atoms with van der Waals surface area (Å²) in [4.78, 5) is 8.77. The van der Waals surface area contributed by atoms with Gasteiger partial charge >= 0.3 is 0 Å². The van der Waals surface area contributed by atoms with Crippen molar-refractivity contribution in [3.8, 4) is 5.75 Å². The lowest BCUT2D eigenvalue weighted by atomic mass is 10.2. The number of aryl methyl sites for hydroxylation is 1. The van der Waals surface area contributed by atoms with E-state index in [4.69, 9.17) is 4.74 Å². The van der Waals surface area contributed by atoms with Crippen LogP contribution in [0, 0.1) is 13.8 Å². The van der Waals surface area contributed by atoms with E-state index in [1.54, 1.807) is 13.4 Å². The zero-order chi connectivity index (χ0) is 16.6. The normalized spacial score (nSPS) is 11.2. The van der Waals surface area contributed by atoms with Crippen molar-refractivity contribution in [1.29, 1.82) is 0 Å². The van der Waals surface area contributed by atoms with E-state index in [2.05, 4.69) is 44.9 Å². The standard InChI is InChI=1S/C16H20N5OP/c1-9-10(2)20-21-15(9)19-16-11-6-14(23(4)5)13(22-3)7-12(11)17-8-18-16/h6-8H,1-5H3,(H2,17,18,19,20,21). The minimum Gasteiger partial charge on any atom is -0.496 e. The maximum atomic E-state index is 5.51. The largest absolute Gasteiger partial charge is 0.496 e. The van der Waals surface area contributed by atoms with E-state index in [-0.39, 0.29) is 7.92 Å². The van der Waals surface area contributed by atoms with E-state index >= 15 is 0 Å². The molecule has 0 aliphatic rings. The summed E-state index contributed by atoms with van der Waals surface area (Å²) in [5, 5.41) is 12.8.